The number of cyclic esters (lactones) is 1. The molecule has 3 N–H and O–H groups in total. The molecule has 0 spiro atoms. The summed E-state index contributed by atoms with van der Waals surface area (Å²) in [6.07, 6.45) is 4.73. The quantitative estimate of drug-likeness (QED) is 0.246. The number of carbonyl (C=O) groups is 4. The number of hydrogen-bond donors (Lipinski definition) is 3. The molecule has 3 heterocycles. The van der Waals surface area contributed by atoms with Gasteiger partial charge >= 0.3 is 6.09 Å². The van der Waals surface area contributed by atoms with Gasteiger partial charge in [0.1, 0.15) is 35.2 Å². The Morgan fingerprint density at radius 1 is 1.12 bits per heavy atom. The minimum Gasteiger partial charge on any atom is -0.496 e. The van der Waals surface area contributed by atoms with Crippen molar-refractivity contribution in [2.75, 3.05) is 20.3 Å². The van der Waals surface area contributed by atoms with Crippen LogP contribution in [0.4, 0.5) is 4.79 Å². The first kappa shape index (κ1) is 41.0. The molecule has 3 fully saturated rings. The molecule has 1 saturated heterocycles. The molecular formula is C43H53N5O9S. The summed E-state index contributed by atoms with van der Waals surface area (Å²) in [5, 5.41) is 5.56. The smallest absolute Gasteiger partial charge is 0.407 e. The van der Waals surface area contributed by atoms with Gasteiger partial charge in [0.2, 0.25) is 21.8 Å². The minimum absolute atomic E-state index is 0.0165. The number of methoxy groups -OCH3 is 1. The zero-order valence-electron chi connectivity index (χ0n) is 33.5. The summed E-state index contributed by atoms with van der Waals surface area (Å²) in [5.74, 6) is -1.32. The summed E-state index contributed by atoms with van der Waals surface area (Å²) in [7, 11) is -2.27. The maximum atomic E-state index is 14.3. The van der Waals surface area contributed by atoms with E-state index < -0.39 is 68.7 Å². The van der Waals surface area contributed by atoms with E-state index in [-0.39, 0.29) is 31.4 Å². The summed E-state index contributed by atoms with van der Waals surface area (Å²) >= 11 is 0. The van der Waals surface area contributed by atoms with Gasteiger partial charge in [-0.2, -0.15) is 0 Å². The lowest BCUT2D eigenvalue weighted by Crippen LogP contribution is -2.58. The molecule has 7 rings (SSSR count). The van der Waals surface area contributed by atoms with Crippen LogP contribution in [0, 0.1) is 11.3 Å². The van der Waals surface area contributed by atoms with Crippen LogP contribution in [0.25, 0.3) is 10.9 Å². The second-order valence-electron chi connectivity index (χ2n) is 16.9. The Morgan fingerprint density at radius 3 is 2.57 bits per heavy atom. The fraction of sp³-hybridized carbons (Fsp3) is 0.512. The van der Waals surface area contributed by atoms with Gasteiger partial charge in [0.15, 0.2) is 0 Å². The van der Waals surface area contributed by atoms with Crippen LogP contribution in [-0.4, -0.2) is 91.4 Å². The number of sulfonamides is 1. The molecule has 14 nitrogen and oxygen atoms in total. The molecule has 2 aromatic carbocycles. The van der Waals surface area contributed by atoms with E-state index in [1.165, 1.54) is 17.9 Å². The van der Waals surface area contributed by atoms with E-state index >= 15 is 0 Å². The van der Waals surface area contributed by atoms with Gasteiger partial charge in [0.05, 0.1) is 31.0 Å². The molecule has 0 radical (unpaired) electrons. The molecule has 1 aromatic heterocycles. The number of rotatable bonds is 10. The SMILES string of the molecule is C=C[C@@H]1C[C@]1(NC(=O)[C@@H]1C[C@@H]2CN1C(=O)[C@H](C)NC(=O)OCC(C)(C)CCCc1cc3c(cc(CCc4ccccc4)nc3cc1OC)O2)C(=O)NS(=O)(=O)C1CC1. The van der Waals surface area contributed by atoms with Crippen LogP contribution in [-0.2, 0) is 48.4 Å². The number of ether oxygens (including phenoxy) is 3. The summed E-state index contributed by atoms with van der Waals surface area (Å²) in [5.41, 5.74) is 1.66. The first-order valence-corrected chi connectivity index (χ1v) is 21.6. The fourth-order valence-electron chi connectivity index (χ4n) is 8.04. The molecule has 2 aliphatic carbocycles. The first-order chi connectivity index (χ1) is 27.6. The Labute approximate surface area is 339 Å². The fourth-order valence-corrected chi connectivity index (χ4v) is 9.40. The van der Waals surface area contributed by atoms with Crippen molar-refractivity contribution in [3.63, 3.8) is 0 Å². The number of fused-ring (bicyclic) bond motifs is 3. The number of amides is 4. The molecule has 4 aliphatic rings. The number of aryl methyl sites for hydroxylation is 3. The van der Waals surface area contributed by atoms with Crippen LogP contribution >= 0.6 is 0 Å². The molecule has 15 heteroatoms. The van der Waals surface area contributed by atoms with E-state index in [4.69, 9.17) is 19.2 Å². The summed E-state index contributed by atoms with van der Waals surface area (Å²) in [6, 6.07) is 13.8. The highest BCUT2D eigenvalue weighted by atomic mass is 32.2. The molecule has 3 aromatic rings. The Hall–Kier alpha value is -5.18. The molecule has 0 unspecified atom stereocenters. The predicted molar refractivity (Wildman–Crippen MR) is 217 cm³/mol. The van der Waals surface area contributed by atoms with Gasteiger partial charge in [-0.05, 0) is 80.9 Å². The molecule has 2 aliphatic heterocycles. The van der Waals surface area contributed by atoms with E-state index in [1.54, 1.807) is 7.11 Å². The maximum absolute atomic E-state index is 14.3. The average molecular weight is 816 g/mol. The van der Waals surface area contributed by atoms with Crippen LogP contribution in [0.2, 0.25) is 0 Å². The molecule has 58 heavy (non-hydrogen) atoms. The second-order valence-corrected chi connectivity index (χ2v) is 18.9. The Bertz CT molecular complexity index is 2210. The van der Waals surface area contributed by atoms with Crippen molar-refractivity contribution in [1.29, 1.82) is 0 Å². The van der Waals surface area contributed by atoms with Crippen LogP contribution in [0.15, 0.2) is 61.2 Å². The van der Waals surface area contributed by atoms with Gasteiger partial charge < -0.3 is 29.7 Å². The number of hydrogen-bond acceptors (Lipinski definition) is 10. The second kappa shape index (κ2) is 16.2. The van der Waals surface area contributed by atoms with E-state index in [9.17, 15) is 27.6 Å². The summed E-state index contributed by atoms with van der Waals surface area (Å²) < 4.78 is 45.9. The lowest BCUT2D eigenvalue weighted by atomic mass is 9.87. The van der Waals surface area contributed by atoms with Crippen molar-refractivity contribution in [2.24, 2.45) is 11.3 Å². The number of benzene rings is 2. The normalized spacial score (nSPS) is 26.0. The van der Waals surface area contributed by atoms with Gasteiger partial charge in [-0.25, -0.2) is 13.2 Å². The number of carbonyl (C=O) groups excluding carboxylic acids is 4. The van der Waals surface area contributed by atoms with Gasteiger partial charge in [0, 0.05) is 35.6 Å². The minimum atomic E-state index is -3.90. The summed E-state index contributed by atoms with van der Waals surface area (Å²) in [4.78, 5) is 61.4. The largest absolute Gasteiger partial charge is 0.496 e. The highest BCUT2D eigenvalue weighted by molar-refractivity contribution is 7.91. The van der Waals surface area contributed by atoms with Crippen molar-refractivity contribution in [1.82, 2.24) is 25.2 Å². The Morgan fingerprint density at radius 2 is 1.88 bits per heavy atom. The zero-order valence-corrected chi connectivity index (χ0v) is 34.4. The Kier molecular flexibility index (Phi) is 11.5. The lowest BCUT2D eigenvalue weighted by molar-refractivity contribution is -0.140. The lowest BCUT2D eigenvalue weighted by Gasteiger charge is -2.29. The number of pyridine rings is 1. The van der Waals surface area contributed by atoms with Crippen LogP contribution in [0.5, 0.6) is 11.5 Å². The van der Waals surface area contributed by atoms with Crippen LogP contribution < -0.4 is 24.8 Å². The first-order valence-electron chi connectivity index (χ1n) is 20.1. The molecule has 5 atom stereocenters. The van der Waals surface area contributed by atoms with Crippen molar-refractivity contribution < 1.29 is 41.8 Å². The van der Waals surface area contributed by atoms with Gasteiger partial charge in [-0.15, -0.1) is 6.58 Å². The maximum Gasteiger partial charge on any atom is 0.407 e. The molecular weight excluding hydrogens is 763 g/mol. The van der Waals surface area contributed by atoms with Crippen molar-refractivity contribution >= 4 is 44.7 Å². The predicted octanol–water partition coefficient (Wildman–Crippen LogP) is 4.52. The van der Waals surface area contributed by atoms with Crippen molar-refractivity contribution in [2.45, 2.75) is 108 Å². The third kappa shape index (κ3) is 8.93. The van der Waals surface area contributed by atoms with E-state index in [0.717, 1.165) is 41.5 Å². The summed E-state index contributed by atoms with van der Waals surface area (Å²) in [6.45, 7) is 9.43. The van der Waals surface area contributed by atoms with Gasteiger partial charge in [0.25, 0.3) is 5.91 Å². The van der Waals surface area contributed by atoms with Crippen molar-refractivity contribution in [3.8, 4) is 11.5 Å². The van der Waals surface area contributed by atoms with Gasteiger partial charge in [-0.1, -0.05) is 50.3 Å². The number of alkyl carbamates (subject to hydrolysis) is 1. The molecule has 2 saturated carbocycles. The van der Waals surface area contributed by atoms with Crippen molar-refractivity contribution in [3.05, 3.63) is 78.0 Å². The van der Waals surface area contributed by atoms with E-state index in [2.05, 4.69) is 34.1 Å². The third-order valence-corrected chi connectivity index (χ3v) is 13.5. The third-order valence-electron chi connectivity index (χ3n) is 11.7. The van der Waals surface area contributed by atoms with Gasteiger partial charge in [-0.3, -0.25) is 24.1 Å². The van der Waals surface area contributed by atoms with Crippen LogP contribution in [0.1, 0.15) is 76.1 Å². The number of nitrogens with zero attached hydrogens (tertiary/aromatic N) is 2. The molecule has 4 bridgehead atoms. The van der Waals surface area contributed by atoms with Crippen LogP contribution in [0.3, 0.4) is 0 Å². The number of nitrogens with one attached hydrogen (secondary N) is 3. The monoisotopic (exact) mass is 815 g/mol. The Balaban J connectivity index is 1.23. The molecule has 4 amide bonds. The van der Waals surface area contributed by atoms with E-state index in [0.29, 0.717) is 42.7 Å². The van der Waals surface area contributed by atoms with E-state index in [1.807, 2.05) is 50.2 Å². The standard InChI is InChI=1S/C43H53N5O9S/c1-6-29-23-43(29,40(51)47-58(53,54)32-16-17-32)46-38(49)35-21-31-24-48(35)39(50)26(2)44-41(52)56-25-42(3,4)18-10-13-28-19-33-34(22-36(28)55-5)45-30(20-37(33)57-31)15-14-27-11-8-7-9-12-27/h6-9,11-12,19-20,22,26,29,31-32,35H,1,10,13-18,21,23-25H2,2-5H3,(H,44,52)(H,46,49)(H,47,51)/t26-,29+,31+,35-,43+/m0/s1. The molecule has 310 valence electrons. The highest BCUT2D eigenvalue weighted by Crippen LogP contribution is 2.46. The highest BCUT2D eigenvalue weighted by Gasteiger charge is 2.62. The average Bonchev–Trinajstić information content (AvgIpc) is 4.12. The zero-order chi connectivity index (χ0) is 41.4. The number of aromatic nitrogens is 1. The topological polar surface area (TPSA) is 182 Å².